The summed E-state index contributed by atoms with van der Waals surface area (Å²) in [7, 11) is 0. The zero-order chi connectivity index (χ0) is 13.1. The number of carbonyl (C=O) groups is 1. The van der Waals surface area contributed by atoms with E-state index in [0.29, 0.717) is 6.42 Å². The van der Waals surface area contributed by atoms with Gasteiger partial charge in [-0.05, 0) is 23.3 Å². The van der Waals surface area contributed by atoms with Gasteiger partial charge < -0.3 is 5.11 Å². The summed E-state index contributed by atoms with van der Waals surface area (Å²) in [4.78, 5) is 10.9. The van der Waals surface area contributed by atoms with Gasteiger partial charge in [-0.2, -0.15) is 0 Å². The Balaban J connectivity index is 2.98. The first-order valence-corrected chi connectivity index (χ1v) is 5.78. The highest BCUT2D eigenvalue weighted by atomic mass is 16.4. The quantitative estimate of drug-likeness (QED) is 0.801. The SMILES string of the molecule is C=C(CC(c1ccccc1)C(C)(C)C)C(=O)O. The van der Waals surface area contributed by atoms with Gasteiger partial charge in [0.05, 0.1) is 0 Å². The first-order chi connectivity index (χ1) is 7.82. The highest BCUT2D eigenvalue weighted by molar-refractivity contribution is 5.85. The van der Waals surface area contributed by atoms with Crippen LogP contribution in [0.3, 0.4) is 0 Å². The average Bonchev–Trinajstić information content (AvgIpc) is 2.25. The van der Waals surface area contributed by atoms with Gasteiger partial charge in [-0.3, -0.25) is 0 Å². The van der Waals surface area contributed by atoms with Crippen LogP contribution >= 0.6 is 0 Å². The molecule has 1 N–H and O–H groups in total. The zero-order valence-electron chi connectivity index (χ0n) is 10.7. The Morgan fingerprint density at radius 1 is 1.29 bits per heavy atom. The molecule has 0 amide bonds. The number of carboxylic acid groups (broad SMARTS) is 1. The molecule has 1 rings (SSSR count). The molecule has 0 fully saturated rings. The maximum absolute atomic E-state index is 10.9. The van der Waals surface area contributed by atoms with E-state index in [2.05, 4.69) is 27.4 Å². The monoisotopic (exact) mass is 232 g/mol. The van der Waals surface area contributed by atoms with Crippen molar-refractivity contribution in [2.75, 3.05) is 0 Å². The second kappa shape index (κ2) is 5.17. The van der Waals surface area contributed by atoms with Gasteiger partial charge in [0.25, 0.3) is 0 Å². The normalized spacial score (nSPS) is 13.1. The van der Waals surface area contributed by atoms with E-state index >= 15 is 0 Å². The average molecular weight is 232 g/mol. The first kappa shape index (κ1) is 13.5. The second-order valence-electron chi connectivity index (χ2n) is 5.44. The lowest BCUT2D eigenvalue weighted by Gasteiger charge is -2.31. The fourth-order valence-corrected chi connectivity index (χ4v) is 1.94. The standard InChI is InChI=1S/C15H20O2/c1-11(14(16)17)10-13(15(2,3)4)12-8-6-5-7-9-12/h5-9,13H,1,10H2,2-4H3,(H,16,17). The van der Waals surface area contributed by atoms with Gasteiger partial charge in [0, 0.05) is 5.57 Å². The summed E-state index contributed by atoms with van der Waals surface area (Å²) in [6.07, 6.45) is 0.489. The van der Waals surface area contributed by atoms with Gasteiger partial charge in [0.2, 0.25) is 0 Å². The maximum Gasteiger partial charge on any atom is 0.330 e. The van der Waals surface area contributed by atoms with Crippen molar-refractivity contribution in [1.82, 2.24) is 0 Å². The molecule has 1 aromatic carbocycles. The predicted molar refractivity (Wildman–Crippen MR) is 70.0 cm³/mol. The molecule has 2 nitrogen and oxygen atoms in total. The lowest BCUT2D eigenvalue weighted by atomic mass is 9.73. The molecule has 0 bridgehead atoms. The van der Waals surface area contributed by atoms with Crippen LogP contribution in [0.15, 0.2) is 42.5 Å². The minimum Gasteiger partial charge on any atom is -0.478 e. The smallest absolute Gasteiger partial charge is 0.330 e. The molecule has 0 saturated carbocycles. The molecular weight excluding hydrogens is 212 g/mol. The van der Waals surface area contributed by atoms with Crippen molar-refractivity contribution in [2.45, 2.75) is 33.1 Å². The van der Waals surface area contributed by atoms with Crippen LogP contribution in [-0.4, -0.2) is 11.1 Å². The fraction of sp³-hybridized carbons (Fsp3) is 0.400. The van der Waals surface area contributed by atoms with E-state index in [0.717, 1.165) is 0 Å². The second-order valence-corrected chi connectivity index (χ2v) is 5.44. The Kier molecular flexibility index (Phi) is 4.11. The molecule has 0 radical (unpaired) electrons. The van der Waals surface area contributed by atoms with E-state index in [1.165, 1.54) is 5.56 Å². The van der Waals surface area contributed by atoms with Crippen LogP contribution in [0.25, 0.3) is 0 Å². The molecule has 1 atom stereocenters. The lowest BCUT2D eigenvalue weighted by molar-refractivity contribution is -0.132. The molecule has 0 aliphatic heterocycles. The van der Waals surface area contributed by atoms with E-state index in [1.807, 2.05) is 30.3 Å². The minimum absolute atomic E-state index is 0.0136. The lowest BCUT2D eigenvalue weighted by Crippen LogP contribution is -2.20. The molecule has 1 aromatic rings. The Morgan fingerprint density at radius 2 is 1.82 bits per heavy atom. The van der Waals surface area contributed by atoms with Crippen LogP contribution in [-0.2, 0) is 4.79 Å². The van der Waals surface area contributed by atoms with E-state index in [9.17, 15) is 4.79 Å². The zero-order valence-corrected chi connectivity index (χ0v) is 10.7. The Labute approximate surface area is 103 Å². The van der Waals surface area contributed by atoms with E-state index < -0.39 is 5.97 Å². The number of hydrogen-bond acceptors (Lipinski definition) is 1. The number of hydrogen-bond donors (Lipinski definition) is 1. The summed E-state index contributed by atoms with van der Waals surface area (Å²) < 4.78 is 0. The van der Waals surface area contributed by atoms with Crippen molar-refractivity contribution in [2.24, 2.45) is 5.41 Å². The topological polar surface area (TPSA) is 37.3 Å². The minimum atomic E-state index is -0.907. The summed E-state index contributed by atoms with van der Waals surface area (Å²) in [5.74, 6) is -0.734. The molecule has 0 spiro atoms. The largest absolute Gasteiger partial charge is 0.478 e. The third kappa shape index (κ3) is 3.74. The van der Waals surface area contributed by atoms with Gasteiger partial charge >= 0.3 is 5.97 Å². The Bertz CT molecular complexity index is 399. The van der Waals surface area contributed by atoms with Gasteiger partial charge in [-0.1, -0.05) is 57.7 Å². The van der Waals surface area contributed by atoms with Crippen molar-refractivity contribution in [3.63, 3.8) is 0 Å². The van der Waals surface area contributed by atoms with Crippen LogP contribution < -0.4 is 0 Å². The summed E-state index contributed by atoms with van der Waals surface area (Å²) in [5.41, 5.74) is 1.45. The van der Waals surface area contributed by atoms with Gasteiger partial charge in [-0.25, -0.2) is 4.79 Å². The van der Waals surface area contributed by atoms with Crippen LogP contribution in [0, 0.1) is 5.41 Å². The van der Waals surface area contributed by atoms with Crippen LogP contribution in [0.5, 0.6) is 0 Å². The highest BCUT2D eigenvalue weighted by Gasteiger charge is 2.27. The molecule has 17 heavy (non-hydrogen) atoms. The maximum atomic E-state index is 10.9. The number of benzene rings is 1. The molecular formula is C15H20O2. The van der Waals surface area contributed by atoms with Crippen LogP contribution in [0.2, 0.25) is 0 Å². The third-order valence-corrected chi connectivity index (χ3v) is 3.00. The molecule has 0 heterocycles. The van der Waals surface area contributed by atoms with Crippen LogP contribution in [0.4, 0.5) is 0 Å². The Hall–Kier alpha value is -1.57. The highest BCUT2D eigenvalue weighted by Crippen LogP contribution is 2.39. The van der Waals surface area contributed by atoms with E-state index in [4.69, 9.17) is 5.11 Å². The van der Waals surface area contributed by atoms with Crippen molar-refractivity contribution in [3.8, 4) is 0 Å². The van der Waals surface area contributed by atoms with Crippen molar-refractivity contribution in [1.29, 1.82) is 0 Å². The Morgan fingerprint density at radius 3 is 2.24 bits per heavy atom. The van der Waals surface area contributed by atoms with Crippen molar-refractivity contribution < 1.29 is 9.90 Å². The number of rotatable bonds is 4. The van der Waals surface area contributed by atoms with E-state index in [1.54, 1.807) is 0 Å². The van der Waals surface area contributed by atoms with Crippen LogP contribution in [0.1, 0.15) is 38.7 Å². The molecule has 0 saturated heterocycles. The van der Waals surface area contributed by atoms with Crippen molar-refractivity contribution >= 4 is 5.97 Å². The molecule has 1 unspecified atom stereocenters. The fourth-order valence-electron chi connectivity index (χ4n) is 1.94. The summed E-state index contributed by atoms with van der Waals surface area (Å²) in [5, 5.41) is 8.94. The van der Waals surface area contributed by atoms with Crippen molar-refractivity contribution in [3.05, 3.63) is 48.0 Å². The van der Waals surface area contributed by atoms with E-state index in [-0.39, 0.29) is 16.9 Å². The summed E-state index contributed by atoms with van der Waals surface area (Å²) in [6.45, 7) is 10.0. The number of aliphatic carboxylic acids is 1. The first-order valence-electron chi connectivity index (χ1n) is 5.78. The molecule has 92 valence electrons. The molecule has 0 aliphatic rings. The van der Waals surface area contributed by atoms with Gasteiger partial charge in [0.1, 0.15) is 0 Å². The molecule has 0 aliphatic carbocycles. The summed E-state index contributed by atoms with van der Waals surface area (Å²) >= 11 is 0. The predicted octanol–water partition coefficient (Wildman–Crippen LogP) is 3.85. The third-order valence-electron chi connectivity index (χ3n) is 3.00. The molecule has 2 heteroatoms. The summed E-state index contributed by atoms with van der Waals surface area (Å²) in [6, 6.07) is 10.0. The number of carboxylic acids is 1. The van der Waals surface area contributed by atoms with Gasteiger partial charge in [0.15, 0.2) is 0 Å². The van der Waals surface area contributed by atoms with Gasteiger partial charge in [-0.15, -0.1) is 0 Å². The molecule has 0 aromatic heterocycles.